The summed E-state index contributed by atoms with van der Waals surface area (Å²) >= 11 is 0. The second kappa shape index (κ2) is 8.72. The minimum atomic E-state index is 0.619. The summed E-state index contributed by atoms with van der Waals surface area (Å²) in [7, 11) is 0. The molecular formula is C23H24N8O. The summed E-state index contributed by atoms with van der Waals surface area (Å²) in [6, 6.07) is 10.2. The van der Waals surface area contributed by atoms with Crippen molar-refractivity contribution in [3.8, 4) is 0 Å². The van der Waals surface area contributed by atoms with Gasteiger partial charge in [0.25, 0.3) is 0 Å². The number of morpholine rings is 1. The number of imidazole rings is 1. The van der Waals surface area contributed by atoms with Crippen molar-refractivity contribution < 1.29 is 4.74 Å². The van der Waals surface area contributed by atoms with Crippen molar-refractivity contribution in [3.63, 3.8) is 0 Å². The van der Waals surface area contributed by atoms with Gasteiger partial charge >= 0.3 is 0 Å². The maximum Gasteiger partial charge on any atom is 0.229 e. The van der Waals surface area contributed by atoms with Gasteiger partial charge in [0, 0.05) is 19.3 Å². The van der Waals surface area contributed by atoms with Crippen LogP contribution in [-0.2, 0) is 4.74 Å². The number of nitrogens with one attached hydrogen (secondary N) is 1. The van der Waals surface area contributed by atoms with Gasteiger partial charge in [0.1, 0.15) is 6.33 Å². The number of ether oxygens (including phenoxy) is 1. The van der Waals surface area contributed by atoms with E-state index in [0.717, 1.165) is 29.9 Å². The van der Waals surface area contributed by atoms with Crippen LogP contribution in [0.3, 0.4) is 0 Å². The lowest BCUT2D eigenvalue weighted by atomic mass is 10.2. The molecule has 0 aliphatic carbocycles. The molecule has 0 atom stereocenters. The quantitative estimate of drug-likeness (QED) is 0.488. The van der Waals surface area contributed by atoms with Crippen LogP contribution in [0.4, 0.5) is 17.5 Å². The first-order chi connectivity index (χ1) is 15.7. The molecule has 3 aromatic heterocycles. The van der Waals surface area contributed by atoms with E-state index in [1.807, 2.05) is 37.5 Å². The van der Waals surface area contributed by atoms with E-state index in [0.29, 0.717) is 36.1 Å². The molecule has 0 radical (unpaired) electrons. The van der Waals surface area contributed by atoms with Gasteiger partial charge in [-0.1, -0.05) is 29.8 Å². The van der Waals surface area contributed by atoms with Crippen molar-refractivity contribution in [2.45, 2.75) is 13.8 Å². The van der Waals surface area contributed by atoms with E-state index in [1.165, 1.54) is 5.56 Å². The van der Waals surface area contributed by atoms with Crippen molar-refractivity contribution in [2.24, 2.45) is 5.10 Å². The highest BCUT2D eigenvalue weighted by molar-refractivity contribution is 5.87. The van der Waals surface area contributed by atoms with Crippen LogP contribution in [0.1, 0.15) is 16.7 Å². The predicted molar refractivity (Wildman–Crippen MR) is 125 cm³/mol. The summed E-state index contributed by atoms with van der Waals surface area (Å²) in [6.45, 7) is 6.83. The first-order valence-corrected chi connectivity index (χ1v) is 10.5. The van der Waals surface area contributed by atoms with Crippen molar-refractivity contribution in [2.75, 3.05) is 36.5 Å². The Bertz CT molecular complexity index is 1280. The Labute approximate surface area is 185 Å². The summed E-state index contributed by atoms with van der Waals surface area (Å²) in [5.74, 6) is 1.24. The Kier molecular flexibility index (Phi) is 5.47. The number of pyridine rings is 1. The third-order valence-electron chi connectivity index (χ3n) is 5.17. The van der Waals surface area contributed by atoms with Crippen LogP contribution in [0.5, 0.6) is 0 Å². The Morgan fingerprint density at radius 2 is 1.94 bits per heavy atom. The summed E-state index contributed by atoms with van der Waals surface area (Å²) in [5.41, 5.74) is 5.37. The third-order valence-corrected chi connectivity index (χ3v) is 5.17. The van der Waals surface area contributed by atoms with E-state index in [9.17, 15) is 0 Å². The number of benzene rings is 1. The molecular weight excluding hydrogens is 404 g/mol. The molecule has 1 N–H and O–H groups in total. The predicted octanol–water partition coefficient (Wildman–Crippen LogP) is 3.30. The van der Waals surface area contributed by atoms with Crippen molar-refractivity contribution in [3.05, 3.63) is 65.7 Å². The van der Waals surface area contributed by atoms with Crippen LogP contribution in [0.15, 0.2) is 54.2 Å². The number of hydrogen-bond donors (Lipinski definition) is 1. The monoisotopic (exact) mass is 428 g/mol. The van der Waals surface area contributed by atoms with E-state index < -0.39 is 0 Å². The average molecular weight is 429 g/mol. The first kappa shape index (κ1) is 20.1. The van der Waals surface area contributed by atoms with Gasteiger partial charge in [0.05, 0.1) is 31.3 Å². The zero-order valence-corrected chi connectivity index (χ0v) is 18.1. The molecule has 1 saturated heterocycles. The van der Waals surface area contributed by atoms with Crippen LogP contribution < -0.4 is 10.2 Å². The summed E-state index contributed by atoms with van der Waals surface area (Å²) in [4.78, 5) is 20.5. The fourth-order valence-corrected chi connectivity index (χ4v) is 3.59. The number of aromatic nitrogens is 5. The molecule has 0 saturated carbocycles. The fraction of sp³-hybridized carbons (Fsp3) is 0.261. The van der Waals surface area contributed by atoms with Crippen molar-refractivity contribution in [1.29, 1.82) is 0 Å². The lowest BCUT2D eigenvalue weighted by Crippen LogP contribution is -2.37. The Morgan fingerprint density at radius 3 is 2.75 bits per heavy atom. The molecule has 0 bridgehead atoms. The molecule has 162 valence electrons. The van der Waals surface area contributed by atoms with E-state index in [4.69, 9.17) is 14.7 Å². The average Bonchev–Trinajstić information content (AvgIpc) is 3.22. The van der Waals surface area contributed by atoms with Crippen molar-refractivity contribution in [1.82, 2.24) is 24.6 Å². The number of aryl methyl sites for hydroxylation is 2. The molecule has 4 heterocycles. The van der Waals surface area contributed by atoms with E-state index in [2.05, 4.69) is 44.3 Å². The number of hydrogen-bond acceptors (Lipinski definition) is 8. The fourth-order valence-electron chi connectivity index (χ4n) is 3.59. The SMILES string of the molecule is Cc1cccc(C=Nn2cnc3c(Nc4cncc(C)c4)nc(N4CCOCC4)nc32)c1. The van der Waals surface area contributed by atoms with Gasteiger partial charge in [0.15, 0.2) is 17.0 Å². The molecule has 1 fully saturated rings. The second-order valence-electron chi connectivity index (χ2n) is 7.77. The molecule has 4 aromatic rings. The molecule has 1 aliphatic heterocycles. The summed E-state index contributed by atoms with van der Waals surface area (Å²) in [6.07, 6.45) is 7.05. The second-order valence-corrected chi connectivity index (χ2v) is 7.77. The highest BCUT2D eigenvalue weighted by atomic mass is 16.5. The molecule has 9 nitrogen and oxygen atoms in total. The normalized spacial score (nSPS) is 14.4. The maximum atomic E-state index is 5.49. The summed E-state index contributed by atoms with van der Waals surface area (Å²) < 4.78 is 7.17. The standard InChI is InChI=1S/C23H24N8O/c1-16-4-3-5-18(10-16)13-26-31-15-25-20-21(27-19-11-17(2)12-24-14-19)28-23(29-22(20)31)30-6-8-32-9-7-30/h3-5,10-15H,6-9H2,1-2H3,(H,27,28,29). The Hall–Kier alpha value is -3.85. The molecule has 32 heavy (non-hydrogen) atoms. The van der Waals surface area contributed by atoms with Crippen LogP contribution in [-0.4, -0.2) is 57.1 Å². The number of anilines is 3. The smallest absolute Gasteiger partial charge is 0.229 e. The lowest BCUT2D eigenvalue weighted by Gasteiger charge is -2.27. The van der Waals surface area contributed by atoms with Crippen molar-refractivity contribution >= 4 is 34.8 Å². The minimum absolute atomic E-state index is 0.619. The zero-order valence-electron chi connectivity index (χ0n) is 18.1. The topological polar surface area (TPSA) is 93.4 Å². The largest absolute Gasteiger partial charge is 0.378 e. The molecule has 5 rings (SSSR count). The Morgan fingerprint density at radius 1 is 1.06 bits per heavy atom. The van der Waals surface area contributed by atoms with Gasteiger partial charge in [-0.05, 0) is 31.0 Å². The lowest BCUT2D eigenvalue weighted by molar-refractivity contribution is 0.122. The number of rotatable bonds is 5. The van der Waals surface area contributed by atoms with Crippen LogP contribution in [0.25, 0.3) is 11.2 Å². The molecule has 0 unspecified atom stereocenters. The van der Waals surface area contributed by atoms with Gasteiger partial charge in [-0.2, -0.15) is 15.1 Å². The van der Waals surface area contributed by atoms with Gasteiger partial charge in [-0.25, -0.2) is 9.66 Å². The van der Waals surface area contributed by atoms with Gasteiger partial charge < -0.3 is 15.0 Å². The van der Waals surface area contributed by atoms with E-state index in [1.54, 1.807) is 17.2 Å². The number of nitrogens with zero attached hydrogens (tertiary/aromatic N) is 7. The van der Waals surface area contributed by atoms with Gasteiger partial charge in [-0.3, -0.25) is 4.98 Å². The molecule has 9 heteroatoms. The zero-order chi connectivity index (χ0) is 21.9. The van der Waals surface area contributed by atoms with Crippen LogP contribution >= 0.6 is 0 Å². The molecule has 0 amide bonds. The highest BCUT2D eigenvalue weighted by Gasteiger charge is 2.19. The first-order valence-electron chi connectivity index (χ1n) is 10.5. The Balaban J connectivity index is 1.57. The maximum absolute atomic E-state index is 5.49. The molecule has 1 aromatic carbocycles. The van der Waals surface area contributed by atoms with Crippen LogP contribution in [0, 0.1) is 13.8 Å². The van der Waals surface area contributed by atoms with Gasteiger partial charge in [0.2, 0.25) is 5.95 Å². The minimum Gasteiger partial charge on any atom is -0.378 e. The van der Waals surface area contributed by atoms with Gasteiger partial charge in [-0.15, -0.1) is 0 Å². The van der Waals surface area contributed by atoms with E-state index >= 15 is 0 Å². The number of fused-ring (bicyclic) bond motifs is 1. The van der Waals surface area contributed by atoms with E-state index in [-0.39, 0.29) is 0 Å². The molecule has 1 aliphatic rings. The summed E-state index contributed by atoms with van der Waals surface area (Å²) in [5, 5.41) is 7.97. The van der Waals surface area contributed by atoms with Crippen LogP contribution in [0.2, 0.25) is 0 Å². The molecule has 0 spiro atoms. The highest BCUT2D eigenvalue weighted by Crippen LogP contribution is 2.26. The third kappa shape index (κ3) is 4.28.